The summed E-state index contributed by atoms with van der Waals surface area (Å²) in [5.74, 6) is -1.06. The van der Waals surface area contributed by atoms with Crippen molar-refractivity contribution < 1.29 is 13.6 Å². The maximum Gasteiger partial charge on any atom is 0.317 e. The van der Waals surface area contributed by atoms with Crippen LogP contribution < -0.4 is 5.32 Å². The van der Waals surface area contributed by atoms with Crippen LogP contribution in [0, 0.1) is 17.6 Å². The van der Waals surface area contributed by atoms with Crippen LogP contribution in [0.2, 0.25) is 0 Å². The van der Waals surface area contributed by atoms with Crippen LogP contribution >= 0.6 is 0 Å². The number of urea groups is 1. The molecule has 5 nitrogen and oxygen atoms in total. The number of nitrogens with zero attached hydrogens (tertiary/aromatic N) is 3. The Balaban J connectivity index is 1.34. The summed E-state index contributed by atoms with van der Waals surface area (Å²) in [5.41, 5.74) is 2.41. The van der Waals surface area contributed by atoms with Crippen molar-refractivity contribution in [3.05, 3.63) is 52.9 Å². The van der Waals surface area contributed by atoms with E-state index in [0.717, 1.165) is 18.4 Å². The highest BCUT2D eigenvalue weighted by Crippen LogP contribution is 2.48. The largest absolute Gasteiger partial charge is 0.338 e. The Morgan fingerprint density at radius 3 is 2.88 bits per heavy atom. The Morgan fingerprint density at radius 1 is 1.35 bits per heavy atom. The fraction of sp³-hybridized carbons (Fsp3) is 0.474. The average molecular weight is 360 g/mol. The van der Waals surface area contributed by atoms with Crippen LogP contribution in [-0.4, -0.2) is 33.8 Å². The van der Waals surface area contributed by atoms with Gasteiger partial charge < -0.3 is 10.2 Å². The smallest absolute Gasteiger partial charge is 0.317 e. The molecule has 1 fully saturated rings. The van der Waals surface area contributed by atoms with Crippen molar-refractivity contribution in [2.45, 2.75) is 31.7 Å². The van der Waals surface area contributed by atoms with E-state index in [4.69, 9.17) is 0 Å². The molecule has 1 aliphatic heterocycles. The van der Waals surface area contributed by atoms with Crippen molar-refractivity contribution in [3.8, 4) is 0 Å². The lowest BCUT2D eigenvalue weighted by Crippen LogP contribution is -2.40. The number of aromatic nitrogens is 2. The molecule has 7 heteroatoms. The summed E-state index contributed by atoms with van der Waals surface area (Å²) in [7, 11) is 1.92. The maximum absolute atomic E-state index is 13.8. The minimum atomic E-state index is -0.500. The molecule has 0 bridgehead atoms. The van der Waals surface area contributed by atoms with Crippen LogP contribution in [0.4, 0.5) is 13.6 Å². The molecule has 26 heavy (non-hydrogen) atoms. The lowest BCUT2D eigenvalue weighted by molar-refractivity contribution is 0.195. The first-order valence-electron chi connectivity index (χ1n) is 9.01. The predicted octanol–water partition coefficient (Wildman–Crippen LogP) is 2.96. The molecule has 2 aromatic rings. The highest BCUT2D eigenvalue weighted by Gasteiger charge is 2.41. The molecule has 0 saturated heterocycles. The molecule has 0 radical (unpaired) electrons. The van der Waals surface area contributed by atoms with Crippen LogP contribution in [0.5, 0.6) is 0 Å². The number of halogens is 2. The zero-order valence-corrected chi connectivity index (χ0v) is 14.7. The van der Waals surface area contributed by atoms with Crippen LogP contribution in [0.3, 0.4) is 0 Å². The molecule has 138 valence electrons. The molecule has 1 saturated carbocycles. The van der Waals surface area contributed by atoms with E-state index in [1.54, 1.807) is 4.90 Å². The summed E-state index contributed by atoms with van der Waals surface area (Å²) in [5, 5.41) is 7.20. The second-order valence-electron chi connectivity index (χ2n) is 7.19. The molecule has 0 spiro atoms. The second-order valence-corrected chi connectivity index (χ2v) is 7.19. The highest BCUT2D eigenvalue weighted by molar-refractivity contribution is 5.74. The van der Waals surface area contributed by atoms with E-state index < -0.39 is 11.6 Å². The molecule has 2 amide bonds. The number of nitrogens with one attached hydrogen (secondary N) is 1. The summed E-state index contributed by atoms with van der Waals surface area (Å²) >= 11 is 0. The Kier molecular flexibility index (Phi) is 4.38. The minimum Gasteiger partial charge on any atom is -0.338 e. The quantitative estimate of drug-likeness (QED) is 0.915. The van der Waals surface area contributed by atoms with E-state index in [0.29, 0.717) is 26.1 Å². The molecule has 2 aliphatic rings. The number of carbonyl (C=O) groups excluding carboxylic acids is 1. The third-order valence-corrected chi connectivity index (χ3v) is 5.45. The van der Waals surface area contributed by atoms with E-state index in [2.05, 4.69) is 10.4 Å². The summed E-state index contributed by atoms with van der Waals surface area (Å²) in [4.78, 5) is 14.3. The number of hydrogen-bond donors (Lipinski definition) is 1. The lowest BCUT2D eigenvalue weighted by atomic mass is 10.1. The Bertz CT molecular complexity index is 815. The maximum atomic E-state index is 13.8. The molecule has 1 aliphatic carbocycles. The third kappa shape index (κ3) is 3.18. The highest BCUT2D eigenvalue weighted by atomic mass is 19.1. The van der Waals surface area contributed by atoms with Crippen molar-refractivity contribution >= 4 is 6.03 Å². The van der Waals surface area contributed by atoms with Gasteiger partial charge in [-0.1, -0.05) is 6.07 Å². The van der Waals surface area contributed by atoms with Crippen molar-refractivity contribution in [2.75, 3.05) is 13.1 Å². The van der Waals surface area contributed by atoms with E-state index >= 15 is 0 Å². The summed E-state index contributed by atoms with van der Waals surface area (Å²) < 4.78 is 29.6. The van der Waals surface area contributed by atoms with Gasteiger partial charge in [-0.25, -0.2) is 13.6 Å². The van der Waals surface area contributed by atoms with E-state index in [1.807, 2.05) is 17.9 Å². The van der Waals surface area contributed by atoms with Crippen molar-refractivity contribution in [1.82, 2.24) is 20.0 Å². The van der Waals surface area contributed by atoms with Gasteiger partial charge in [0.15, 0.2) is 0 Å². The monoisotopic (exact) mass is 360 g/mol. The fourth-order valence-corrected chi connectivity index (χ4v) is 3.88. The van der Waals surface area contributed by atoms with E-state index in [9.17, 15) is 13.6 Å². The first kappa shape index (κ1) is 17.0. The number of amides is 2. The van der Waals surface area contributed by atoms with Gasteiger partial charge in [-0.2, -0.15) is 5.10 Å². The normalized spacial score (nSPS) is 21.9. The fourth-order valence-electron chi connectivity index (χ4n) is 3.88. The molecule has 1 aromatic carbocycles. The summed E-state index contributed by atoms with van der Waals surface area (Å²) in [6, 6.07) is 3.82. The van der Waals surface area contributed by atoms with Gasteiger partial charge in [-0.15, -0.1) is 0 Å². The third-order valence-electron chi connectivity index (χ3n) is 5.45. The van der Waals surface area contributed by atoms with Gasteiger partial charge in [0.05, 0.1) is 12.7 Å². The predicted molar refractivity (Wildman–Crippen MR) is 92.5 cm³/mol. The van der Waals surface area contributed by atoms with E-state index in [-0.39, 0.29) is 23.4 Å². The van der Waals surface area contributed by atoms with Crippen molar-refractivity contribution in [2.24, 2.45) is 13.0 Å². The lowest BCUT2D eigenvalue weighted by Gasteiger charge is -2.21. The Morgan fingerprint density at radius 2 is 2.12 bits per heavy atom. The minimum absolute atomic E-state index is 0.0891. The van der Waals surface area contributed by atoms with Crippen LogP contribution in [-0.2, 0) is 20.0 Å². The zero-order chi connectivity index (χ0) is 18.3. The van der Waals surface area contributed by atoms with Gasteiger partial charge in [0.2, 0.25) is 0 Å². The zero-order valence-electron chi connectivity index (χ0n) is 14.7. The standard InChI is InChI=1S/C19H22F2N4O/c1-24-17-6-3-7-25(11-13(17)10-23-24)19(26)22-9-12-8-14(12)18-15(20)4-2-5-16(18)21/h2,4-5,10,12,14H,3,6-9,11H2,1H3,(H,22,26)/t12-,14+/m0/s1. The SMILES string of the molecule is Cn1ncc2c1CCCN(C(=O)NC[C@@H]1C[C@H]1c1c(F)cccc1F)C2. The molecule has 0 unspecified atom stereocenters. The van der Waals surface area contributed by atoms with E-state index in [1.165, 1.54) is 23.9 Å². The molecular formula is C19H22F2N4O. The average Bonchev–Trinajstić information content (AvgIpc) is 3.33. The number of rotatable bonds is 3. The molecule has 2 atom stereocenters. The van der Waals surface area contributed by atoms with Gasteiger partial charge in [-0.05, 0) is 43.2 Å². The van der Waals surface area contributed by atoms with Crippen molar-refractivity contribution in [3.63, 3.8) is 0 Å². The summed E-state index contributed by atoms with van der Waals surface area (Å²) in [6.45, 7) is 1.68. The second kappa shape index (κ2) is 6.70. The first-order chi connectivity index (χ1) is 12.5. The van der Waals surface area contributed by atoms with Crippen LogP contribution in [0.1, 0.15) is 35.6 Å². The van der Waals surface area contributed by atoms with Gasteiger partial charge >= 0.3 is 6.03 Å². The molecule has 1 aromatic heterocycles. The Hall–Kier alpha value is -2.44. The molecule has 2 heterocycles. The first-order valence-corrected chi connectivity index (χ1v) is 9.01. The number of hydrogen-bond acceptors (Lipinski definition) is 2. The Labute approximate surface area is 151 Å². The van der Waals surface area contributed by atoms with Crippen LogP contribution in [0.15, 0.2) is 24.4 Å². The van der Waals surface area contributed by atoms with Gasteiger partial charge in [0.1, 0.15) is 11.6 Å². The summed E-state index contributed by atoms with van der Waals surface area (Å²) in [6.07, 6.45) is 4.32. The van der Waals surface area contributed by atoms with Gasteiger partial charge in [0, 0.05) is 37.0 Å². The van der Waals surface area contributed by atoms with Crippen molar-refractivity contribution in [1.29, 1.82) is 0 Å². The topological polar surface area (TPSA) is 50.2 Å². The molecule has 4 rings (SSSR count). The number of aryl methyl sites for hydroxylation is 1. The number of benzene rings is 1. The number of carbonyl (C=O) groups is 1. The van der Waals surface area contributed by atoms with Crippen LogP contribution in [0.25, 0.3) is 0 Å². The number of fused-ring (bicyclic) bond motifs is 1. The molecular weight excluding hydrogens is 338 g/mol. The molecule has 1 N–H and O–H groups in total. The van der Waals surface area contributed by atoms with Gasteiger partial charge in [0.25, 0.3) is 0 Å². The van der Waals surface area contributed by atoms with Gasteiger partial charge in [-0.3, -0.25) is 4.68 Å².